The van der Waals surface area contributed by atoms with Crippen LogP contribution in [0.25, 0.3) is 0 Å². The van der Waals surface area contributed by atoms with Gasteiger partial charge in [-0.2, -0.15) is 11.8 Å². The number of nitrogens with zero attached hydrogens (tertiary/aromatic N) is 2. The highest BCUT2D eigenvalue weighted by molar-refractivity contribution is 9.10. The molecular weight excluding hydrogens is 286 g/mol. The summed E-state index contributed by atoms with van der Waals surface area (Å²) in [7, 11) is 0. The second-order valence-corrected chi connectivity index (χ2v) is 5.68. The van der Waals surface area contributed by atoms with E-state index in [1.54, 1.807) is 0 Å². The van der Waals surface area contributed by atoms with Crippen LogP contribution in [0.5, 0.6) is 0 Å². The van der Waals surface area contributed by atoms with Crippen molar-refractivity contribution in [2.75, 3.05) is 16.8 Å². The molecule has 1 aromatic rings. The number of nitrogens with one attached hydrogen (secondary N) is 1. The summed E-state index contributed by atoms with van der Waals surface area (Å²) in [5, 5.41) is 3.39. The first-order valence-corrected chi connectivity index (χ1v) is 7.48. The lowest BCUT2D eigenvalue weighted by atomic mass is 10.4. The number of anilines is 1. The molecule has 5 heteroatoms. The van der Waals surface area contributed by atoms with Crippen LogP contribution >= 0.6 is 27.7 Å². The molecule has 0 fully saturated rings. The van der Waals surface area contributed by atoms with Crippen LogP contribution < -0.4 is 5.32 Å². The van der Waals surface area contributed by atoms with Crippen LogP contribution in [0.3, 0.4) is 0 Å². The summed E-state index contributed by atoms with van der Waals surface area (Å²) in [4.78, 5) is 8.72. The third-order valence-electron chi connectivity index (χ3n) is 2.02. The predicted molar refractivity (Wildman–Crippen MR) is 75.2 cm³/mol. The maximum absolute atomic E-state index is 4.44. The van der Waals surface area contributed by atoms with Crippen LogP contribution in [0.1, 0.15) is 26.6 Å². The van der Waals surface area contributed by atoms with Crippen LogP contribution in [0.2, 0.25) is 0 Å². The first kappa shape index (κ1) is 13.8. The van der Waals surface area contributed by atoms with E-state index in [0.717, 1.165) is 34.2 Å². The van der Waals surface area contributed by atoms with Crippen molar-refractivity contribution in [2.24, 2.45) is 0 Å². The van der Waals surface area contributed by atoms with Gasteiger partial charge in [-0.15, -0.1) is 0 Å². The zero-order valence-electron chi connectivity index (χ0n) is 9.96. The maximum Gasteiger partial charge on any atom is 0.131 e. The van der Waals surface area contributed by atoms with E-state index in [1.165, 1.54) is 0 Å². The van der Waals surface area contributed by atoms with Crippen molar-refractivity contribution in [1.29, 1.82) is 0 Å². The lowest BCUT2D eigenvalue weighted by molar-refractivity contribution is 0.872. The SMILES string of the molecule is CCSCC(C)Nc1cc(Br)nc(CC)n1. The Kier molecular flexibility index (Phi) is 6.13. The van der Waals surface area contributed by atoms with Crippen molar-refractivity contribution in [1.82, 2.24) is 9.97 Å². The molecule has 1 aromatic heterocycles. The summed E-state index contributed by atoms with van der Waals surface area (Å²) in [6, 6.07) is 2.35. The number of rotatable bonds is 6. The molecule has 1 unspecified atom stereocenters. The van der Waals surface area contributed by atoms with Gasteiger partial charge in [-0.1, -0.05) is 13.8 Å². The zero-order valence-corrected chi connectivity index (χ0v) is 12.4. The molecule has 0 aliphatic rings. The molecule has 1 heterocycles. The van der Waals surface area contributed by atoms with E-state index in [9.17, 15) is 0 Å². The van der Waals surface area contributed by atoms with Crippen LogP contribution in [-0.2, 0) is 6.42 Å². The molecule has 0 aliphatic heterocycles. The molecule has 0 bridgehead atoms. The van der Waals surface area contributed by atoms with Gasteiger partial charge in [-0.25, -0.2) is 9.97 Å². The highest BCUT2D eigenvalue weighted by Crippen LogP contribution is 2.14. The third-order valence-corrected chi connectivity index (χ3v) is 3.57. The fraction of sp³-hybridized carbons (Fsp3) is 0.636. The zero-order chi connectivity index (χ0) is 12.0. The summed E-state index contributed by atoms with van der Waals surface area (Å²) in [6.45, 7) is 6.40. The molecule has 0 saturated heterocycles. The smallest absolute Gasteiger partial charge is 0.131 e. The molecule has 0 aromatic carbocycles. The van der Waals surface area contributed by atoms with Crippen LogP contribution in [0.15, 0.2) is 10.7 Å². The van der Waals surface area contributed by atoms with E-state index >= 15 is 0 Å². The molecule has 0 aliphatic carbocycles. The predicted octanol–water partition coefficient (Wildman–Crippen LogP) is 3.36. The molecular formula is C11H18BrN3S. The highest BCUT2D eigenvalue weighted by Gasteiger charge is 2.05. The average molecular weight is 304 g/mol. The van der Waals surface area contributed by atoms with Crippen molar-refractivity contribution in [3.63, 3.8) is 0 Å². The van der Waals surface area contributed by atoms with E-state index in [0.29, 0.717) is 6.04 Å². The van der Waals surface area contributed by atoms with Gasteiger partial charge in [-0.3, -0.25) is 0 Å². The minimum atomic E-state index is 0.427. The number of thioether (sulfide) groups is 1. The normalized spacial score (nSPS) is 12.5. The second-order valence-electron chi connectivity index (χ2n) is 3.55. The van der Waals surface area contributed by atoms with Gasteiger partial charge >= 0.3 is 0 Å². The second kappa shape index (κ2) is 7.12. The van der Waals surface area contributed by atoms with E-state index in [1.807, 2.05) is 17.8 Å². The Bertz CT molecular complexity index is 333. The number of aromatic nitrogens is 2. The van der Waals surface area contributed by atoms with Crippen molar-refractivity contribution in [2.45, 2.75) is 33.2 Å². The number of hydrogen-bond acceptors (Lipinski definition) is 4. The summed E-state index contributed by atoms with van der Waals surface area (Å²) < 4.78 is 0.845. The fourth-order valence-corrected chi connectivity index (χ4v) is 2.38. The Morgan fingerprint density at radius 3 is 2.81 bits per heavy atom. The van der Waals surface area contributed by atoms with E-state index < -0.39 is 0 Å². The molecule has 16 heavy (non-hydrogen) atoms. The van der Waals surface area contributed by atoms with Crippen molar-refractivity contribution < 1.29 is 0 Å². The number of halogens is 1. The molecule has 1 N–H and O–H groups in total. The standard InChI is InChI=1S/C11H18BrN3S/c1-4-10-14-9(12)6-11(15-10)13-8(3)7-16-5-2/h6,8H,4-5,7H2,1-3H3,(H,13,14,15). The van der Waals surface area contributed by atoms with E-state index in [2.05, 4.69) is 52.0 Å². The average Bonchev–Trinajstić information content (AvgIpc) is 2.25. The van der Waals surface area contributed by atoms with Crippen molar-refractivity contribution >= 4 is 33.5 Å². The Balaban J connectivity index is 2.61. The summed E-state index contributed by atoms with van der Waals surface area (Å²) in [5.41, 5.74) is 0. The van der Waals surface area contributed by atoms with E-state index in [-0.39, 0.29) is 0 Å². The largest absolute Gasteiger partial charge is 0.367 e. The molecule has 1 rings (SSSR count). The Hall–Kier alpha value is -0.290. The van der Waals surface area contributed by atoms with Crippen LogP contribution in [-0.4, -0.2) is 27.5 Å². The lowest BCUT2D eigenvalue weighted by Gasteiger charge is -2.14. The Morgan fingerprint density at radius 2 is 2.19 bits per heavy atom. The molecule has 1 atom stereocenters. The third kappa shape index (κ3) is 4.70. The highest BCUT2D eigenvalue weighted by atomic mass is 79.9. The first-order valence-electron chi connectivity index (χ1n) is 5.53. The lowest BCUT2D eigenvalue weighted by Crippen LogP contribution is -2.19. The molecule has 0 radical (unpaired) electrons. The summed E-state index contributed by atoms with van der Waals surface area (Å²) >= 11 is 5.33. The van der Waals surface area contributed by atoms with Gasteiger partial charge in [0.25, 0.3) is 0 Å². The molecule has 3 nitrogen and oxygen atoms in total. The van der Waals surface area contributed by atoms with E-state index in [4.69, 9.17) is 0 Å². The van der Waals surface area contributed by atoms with Gasteiger partial charge in [0.2, 0.25) is 0 Å². The molecule has 0 saturated carbocycles. The van der Waals surface area contributed by atoms with Gasteiger partial charge in [-0.05, 0) is 28.6 Å². The Labute approximate surface area is 110 Å². The van der Waals surface area contributed by atoms with Crippen molar-refractivity contribution in [3.8, 4) is 0 Å². The minimum Gasteiger partial charge on any atom is -0.367 e. The monoisotopic (exact) mass is 303 g/mol. The van der Waals surface area contributed by atoms with Gasteiger partial charge in [0.15, 0.2) is 0 Å². The summed E-state index contributed by atoms with van der Waals surface area (Å²) in [5.74, 6) is 4.02. The number of hydrogen-bond donors (Lipinski definition) is 1. The van der Waals surface area contributed by atoms with Crippen LogP contribution in [0, 0.1) is 0 Å². The van der Waals surface area contributed by atoms with Crippen LogP contribution in [0.4, 0.5) is 5.82 Å². The van der Waals surface area contributed by atoms with Gasteiger partial charge in [0.1, 0.15) is 16.2 Å². The quantitative estimate of drug-likeness (QED) is 0.818. The summed E-state index contributed by atoms with van der Waals surface area (Å²) in [6.07, 6.45) is 0.853. The molecule has 0 amide bonds. The van der Waals surface area contributed by atoms with Crippen molar-refractivity contribution in [3.05, 3.63) is 16.5 Å². The van der Waals surface area contributed by atoms with Gasteiger partial charge in [0, 0.05) is 24.3 Å². The fourth-order valence-electron chi connectivity index (χ4n) is 1.29. The number of aryl methyl sites for hydroxylation is 1. The molecule has 0 spiro atoms. The maximum atomic E-state index is 4.44. The first-order chi connectivity index (χ1) is 7.65. The Morgan fingerprint density at radius 1 is 1.44 bits per heavy atom. The minimum absolute atomic E-state index is 0.427. The topological polar surface area (TPSA) is 37.8 Å². The molecule has 90 valence electrons. The van der Waals surface area contributed by atoms with Gasteiger partial charge in [0.05, 0.1) is 0 Å². The van der Waals surface area contributed by atoms with Gasteiger partial charge < -0.3 is 5.32 Å².